The second kappa shape index (κ2) is 4.41. The number of hydrogen-bond acceptors (Lipinski definition) is 4. The number of para-hydroxylation sites is 1. The van der Waals surface area contributed by atoms with Crippen molar-refractivity contribution in [3.8, 4) is 0 Å². The van der Waals surface area contributed by atoms with Gasteiger partial charge >= 0.3 is 0 Å². The summed E-state index contributed by atoms with van der Waals surface area (Å²) in [6.45, 7) is 1.13. The van der Waals surface area contributed by atoms with Gasteiger partial charge in [-0.05, 0) is 19.1 Å². The third kappa shape index (κ3) is 3.03. The van der Waals surface area contributed by atoms with E-state index >= 15 is 0 Å². The molecule has 1 aromatic rings. The smallest absolute Gasteiger partial charge is 0.255 e. The van der Waals surface area contributed by atoms with E-state index in [2.05, 4.69) is 4.72 Å². The van der Waals surface area contributed by atoms with Crippen LogP contribution in [0.1, 0.15) is 6.92 Å². The zero-order valence-corrected chi connectivity index (χ0v) is 8.99. The summed E-state index contributed by atoms with van der Waals surface area (Å²) in [5.41, 5.74) is 5.63. The van der Waals surface area contributed by atoms with Crippen LogP contribution >= 0.6 is 0 Å². The van der Waals surface area contributed by atoms with Crippen LogP contribution in [-0.4, -0.2) is 19.6 Å². The first kappa shape index (κ1) is 11.7. The van der Waals surface area contributed by atoms with Crippen LogP contribution in [0.2, 0.25) is 0 Å². The number of anilines is 1. The molecule has 0 fully saturated rings. The van der Waals surface area contributed by atoms with Gasteiger partial charge in [-0.25, -0.2) is 8.42 Å². The van der Waals surface area contributed by atoms with Gasteiger partial charge in [0.1, 0.15) is 0 Å². The molecule has 0 aromatic heterocycles. The standard InChI is InChI=1S/C9H12N2O3S/c1-7(12)9(10)15(13,14)11-8-5-3-2-4-6-8/h2-6,9,11H,10H2,1H3. The molecule has 0 saturated carbocycles. The van der Waals surface area contributed by atoms with E-state index < -0.39 is 21.2 Å². The zero-order valence-electron chi connectivity index (χ0n) is 8.17. The molecule has 15 heavy (non-hydrogen) atoms. The van der Waals surface area contributed by atoms with Gasteiger partial charge in [-0.1, -0.05) is 18.2 Å². The molecule has 0 amide bonds. The van der Waals surface area contributed by atoms with Gasteiger partial charge in [0.25, 0.3) is 10.0 Å². The van der Waals surface area contributed by atoms with Crippen molar-refractivity contribution in [2.24, 2.45) is 5.73 Å². The molecule has 82 valence electrons. The molecular weight excluding hydrogens is 216 g/mol. The number of carbonyl (C=O) groups excluding carboxylic acids is 1. The van der Waals surface area contributed by atoms with E-state index in [1.54, 1.807) is 30.3 Å². The predicted octanol–water partition coefficient (Wildman–Crippen LogP) is 0.302. The Morgan fingerprint density at radius 1 is 1.33 bits per heavy atom. The summed E-state index contributed by atoms with van der Waals surface area (Å²) >= 11 is 0. The molecule has 0 aliphatic rings. The highest BCUT2D eigenvalue weighted by atomic mass is 32.2. The molecule has 3 N–H and O–H groups in total. The minimum atomic E-state index is -3.83. The second-order valence-corrected chi connectivity index (χ2v) is 4.85. The molecular formula is C9H12N2O3S. The van der Waals surface area contributed by atoms with Crippen molar-refractivity contribution in [2.75, 3.05) is 4.72 Å². The van der Waals surface area contributed by atoms with Crippen molar-refractivity contribution >= 4 is 21.5 Å². The van der Waals surface area contributed by atoms with Gasteiger partial charge in [-0.3, -0.25) is 9.52 Å². The van der Waals surface area contributed by atoms with Crippen LogP contribution in [-0.2, 0) is 14.8 Å². The Bertz CT molecular complexity index is 442. The van der Waals surface area contributed by atoms with Crippen LogP contribution in [0.4, 0.5) is 5.69 Å². The minimum absolute atomic E-state index is 0.384. The lowest BCUT2D eigenvalue weighted by Gasteiger charge is -2.11. The lowest BCUT2D eigenvalue weighted by Crippen LogP contribution is -2.40. The molecule has 1 unspecified atom stereocenters. The van der Waals surface area contributed by atoms with Gasteiger partial charge in [0.15, 0.2) is 11.2 Å². The normalized spacial score (nSPS) is 13.2. The third-order valence-electron chi connectivity index (χ3n) is 1.77. The van der Waals surface area contributed by atoms with Crippen molar-refractivity contribution in [2.45, 2.75) is 12.3 Å². The Hall–Kier alpha value is -1.40. The molecule has 0 radical (unpaired) electrons. The van der Waals surface area contributed by atoms with Crippen molar-refractivity contribution in [3.63, 3.8) is 0 Å². The maximum absolute atomic E-state index is 11.5. The highest BCUT2D eigenvalue weighted by Gasteiger charge is 2.25. The van der Waals surface area contributed by atoms with E-state index in [4.69, 9.17) is 5.73 Å². The van der Waals surface area contributed by atoms with E-state index in [0.29, 0.717) is 5.69 Å². The minimum Gasteiger partial charge on any atom is -0.307 e. The van der Waals surface area contributed by atoms with Gasteiger partial charge < -0.3 is 5.73 Å². The molecule has 0 heterocycles. The summed E-state index contributed by atoms with van der Waals surface area (Å²) in [7, 11) is -3.83. The first-order valence-electron chi connectivity index (χ1n) is 4.26. The maximum Gasteiger partial charge on any atom is 0.255 e. The Labute approximate surface area is 88.3 Å². The number of rotatable bonds is 4. The summed E-state index contributed by atoms with van der Waals surface area (Å²) in [4.78, 5) is 10.8. The molecule has 1 atom stereocenters. The van der Waals surface area contributed by atoms with E-state index in [9.17, 15) is 13.2 Å². The molecule has 0 aliphatic heterocycles. The number of carbonyl (C=O) groups is 1. The molecule has 0 aliphatic carbocycles. The zero-order chi connectivity index (χ0) is 11.5. The van der Waals surface area contributed by atoms with Crippen molar-refractivity contribution < 1.29 is 13.2 Å². The van der Waals surface area contributed by atoms with Crippen LogP contribution in [0, 0.1) is 0 Å². The van der Waals surface area contributed by atoms with Crippen LogP contribution in [0.15, 0.2) is 30.3 Å². The van der Waals surface area contributed by atoms with Gasteiger partial charge in [0.2, 0.25) is 0 Å². The van der Waals surface area contributed by atoms with Crippen molar-refractivity contribution in [1.82, 2.24) is 0 Å². The topological polar surface area (TPSA) is 89.3 Å². The van der Waals surface area contributed by atoms with Crippen LogP contribution in [0.25, 0.3) is 0 Å². The second-order valence-electron chi connectivity index (χ2n) is 3.04. The van der Waals surface area contributed by atoms with E-state index in [0.717, 1.165) is 6.92 Å². The Morgan fingerprint density at radius 2 is 1.87 bits per heavy atom. The third-order valence-corrected chi connectivity index (χ3v) is 3.29. The summed E-state index contributed by atoms with van der Waals surface area (Å²) in [6, 6.07) is 8.26. The first-order chi connectivity index (χ1) is 6.93. The van der Waals surface area contributed by atoms with E-state index in [1.807, 2.05) is 0 Å². The summed E-state index contributed by atoms with van der Waals surface area (Å²) in [5.74, 6) is -0.599. The summed E-state index contributed by atoms with van der Waals surface area (Å²) in [5, 5.41) is -1.53. The molecule has 1 aromatic carbocycles. The molecule has 1 rings (SSSR count). The molecule has 0 saturated heterocycles. The fraction of sp³-hybridized carbons (Fsp3) is 0.222. The van der Waals surface area contributed by atoms with E-state index in [1.165, 1.54) is 0 Å². The van der Waals surface area contributed by atoms with Crippen LogP contribution in [0.5, 0.6) is 0 Å². The van der Waals surface area contributed by atoms with Gasteiger partial charge in [-0.2, -0.15) is 0 Å². The first-order valence-corrected chi connectivity index (χ1v) is 5.81. The number of hydrogen-bond donors (Lipinski definition) is 2. The highest BCUT2D eigenvalue weighted by molar-refractivity contribution is 7.94. The monoisotopic (exact) mass is 228 g/mol. The van der Waals surface area contributed by atoms with Crippen molar-refractivity contribution in [1.29, 1.82) is 0 Å². The number of Topliss-reactive ketones (excluding diaryl/α,β-unsaturated/α-hetero) is 1. The lowest BCUT2D eigenvalue weighted by molar-refractivity contribution is -0.116. The number of benzene rings is 1. The largest absolute Gasteiger partial charge is 0.307 e. The number of sulfonamides is 1. The molecule has 0 spiro atoms. The van der Waals surface area contributed by atoms with E-state index in [-0.39, 0.29) is 0 Å². The Morgan fingerprint density at radius 3 is 2.33 bits per heavy atom. The molecule has 6 heteroatoms. The fourth-order valence-electron chi connectivity index (χ4n) is 0.952. The van der Waals surface area contributed by atoms with Crippen molar-refractivity contribution in [3.05, 3.63) is 30.3 Å². The number of nitrogens with two attached hydrogens (primary N) is 1. The average Bonchev–Trinajstić information content (AvgIpc) is 2.17. The SMILES string of the molecule is CC(=O)C(N)S(=O)(=O)Nc1ccccc1. The molecule has 5 nitrogen and oxygen atoms in total. The quantitative estimate of drug-likeness (QED) is 0.775. The average molecular weight is 228 g/mol. The number of nitrogens with one attached hydrogen (secondary N) is 1. The van der Waals surface area contributed by atoms with Gasteiger partial charge in [0.05, 0.1) is 0 Å². The Kier molecular flexibility index (Phi) is 3.43. The Balaban J connectivity index is 2.87. The summed E-state index contributed by atoms with van der Waals surface area (Å²) in [6.07, 6.45) is 0. The predicted molar refractivity (Wildman–Crippen MR) is 57.6 cm³/mol. The highest BCUT2D eigenvalue weighted by Crippen LogP contribution is 2.09. The van der Waals surface area contributed by atoms with Crippen LogP contribution < -0.4 is 10.5 Å². The summed E-state index contributed by atoms with van der Waals surface area (Å²) < 4.78 is 25.2. The van der Waals surface area contributed by atoms with Gasteiger partial charge in [0, 0.05) is 5.69 Å². The maximum atomic E-state index is 11.5. The molecule has 0 bridgehead atoms. The van der Waals surface area contributed by atoms with Crippen LogP contribution in [0.3, 0.4) is 0 Å². The number of ketones is 1. The lowest BCUT2D eigenvalue weighted by atomic mass is 10.3. The fourth-order valence-corrected chi connectivity index (χ4v) is 1.98. The van der Waals surface area contributed by atoms with Gasteiger partial charge in [-0.15, -0.1) is 0 Å².